The second kappa shape index (κ2) is 14.7. The summed E-state index contributed by atoms with van der Waals surface area (Å²) in [5.41, 5.74) is 17.0. The third-order valence-electron chi connectivity index (χ3n) is 12.2. The minimum absolute atomic E-state index is 0.641. The second-order valence-electron chi connectivity index (χ2n) is 15.9. The molecule has 0 saturated heterocycles. The molecule has 0 N–H and O–H groups in total. The van der Waals surface area contributed by atoms with Crippen LogP contribution in [0.4, 0.5) is 0 Å². The van der Waals surface area contributed by atoms with E-state index in [9.17, 15) is 0 Å². The highest BCUT2D eigenvalue weighted by atomic mass is 15.2. The molecule has 0 radical (unpaired) electrons. The molecule has 0 atom stereocenters. The first-order chi connectivity index (χ1) is 30.7. The van der Waals surface area contributed by atoms with Crippen LogP contribution < -0.4 is 0 Å². The number of aromatic nitrogens is 4. The summed E-state index contributed by atoms with van der Waals surface area (Å²) >= 11 is 0. The van der Waals surface area contributed by atoms with E-state index in [1.807, 2.05) is 12.3 Å². The lowest BCUT2D eigenvalue weighted by Gasteiger charge is -2.10. The van der Waals surface area contributed by atoms with Gasteiger partial charge in [-0.05, 0) is 105 Å². The van der Waals surface area contributed by atoms with E-state index in [0.717, 1.165) is 61.0 Å². The molecule has 3 aromatic heterocycles. The van der Waals surface area contributed by atoms with Crippen molar-refractivity contribution < 1.29 is 0 Å². The number of hydrogen-bond acceptors (Lipinski definition) is 2. The number of benzene rings is 9. The van der Waals surface area contributed by atoms with E-state index in [0.29, 0.717) is 5.95 Å². The molecule has 0 aliphatic rings. The topological polar surface area (TPSA) is 35.6 Å². The molecule has 9 aromatic carbocycles. The predicted octanol–water partition coefficient (Wildman–Crippen LogP) is 15.0. The summed E-state index contributed by atoms with van der Waals surface area (Å²) in [6.45, 7) is 0. The Bertz CT molecular complexity index is 3600. The lowest BCUT2D eigenvalue weighted by molar-refractivity contribution is 0.992. The fraction of sp³-hybridized carbons (Fsp3) is 0. The van der Waals surface area contributed by atoms with E-state index in [1.54, 1.807) is 0 Å². The maximum Gasteiger partial charge on any atom is 0.235 e. The second-order valence-corrected chi connectivity index (χ2v) is 15.9. The third kappa shape index (κ3) is 6.08. The summed E-state index contributed by atoms with van der Waals surface area (Å²) in [6, 6.07) is 80.3. The van der Waals surface area contributed by atoms with Gasteiger partial charge < -0.3 is 4.57 Å². The van der Waals surface area contributed by atoms with Gasteiger partial charge in [0.1, 0.15) is 0 Å². The zero-order valence-corrected chi connectivity index (χ0v) is 33.7. The molecule has 0 amide bonds. The Balaban J connectivity index is 0.941. The fourth-order valence-electron chi connectivity index (χ4n) is 9.19. The van der Waals surface area contributed by atoms with Crippen molar-refractivity contribution in [1.29, 1.82) is 0 Å². The van der Waals surface area contributed by atoms with Gasteiger partial charge in [0.05, 0.1) is 27.8 Å². The number of nitrogens with zero attached hydrogens (tertiary/aromatic N) is 4. The zero-order valence-electron chi connectivity index (χ0n) is 33.7. The molecule has 0 spiro atoms. The molecule has 0 aliphatic heterocycles. The summed E-state index contributed by atoms with van der Waals surface area (Å²) in [5, 5.41) is 4.78. The van der Waals surface area contributed by atoms with Gasteiger partial charge >= 0.3 is 0 Å². The van der Waals surface area contributed by atoms with Crippen molar-refractivity contribution >= 4 is 43.6 Å². The van der Waals surface area contributed by atoms with Crippen LogP contribution in [0.3, 0.4) is 0 Å². The molecule has 290 valence electrons. The van der Waals surface area contributed by atoms with E-state index >= 15 is 0 Å². The summed E-state index contributed by atoms with van der Waals surface area (Å²) in [6.07, 6.45) is 1.87. The van der Waals surface area contributed by atoms with Crippen molar-refractivity contribution in [3.63, 3.8) is 0 Å². The van der Waals surface area contributed by atoms with Gasteiger partial charge in [-0.1, -0.05) is 164 Å². The van der Waals surface area contributed by atoms with Crippen LogP contribution in [-0.2, 0) is 0 Å². The first-order valence-corrected chi connectivity index (χ1v) is 21.1. The molecule has 62 heavy (non-hydrogen) atoms. The van der Waals surface area contributed by atoms with Crippen LogP contribution in [0.15, 0.2) is 231 Å². The van der Waals surface area contributed by atoms with Crippen molar-refractivity contribution in [3.8, 4) is 67.4 Å². The largest absolute Gasteiger partial charge is 0.309 e. The Labute approximate surface area is 359 Å². The van der Waals surface area contributed by atoms with Crippen LogP contribution >= 0.6 is 0 Å². The van der Waals surface area contributed by atoms with Gasteiger partial charge in [-0.2, -0.15) is 0 Å². The van der Waals surface area contributed by atoms with Crippen molar-refractivity contribution in [1.82, 2.24) is 19.1 Å². The SMILES string of the molecule is c1ccc(-c2ccc(-c3cccc(-c4ccnc(-n5c6ccccc6c6cc(-c7ccc8c9cc(-c%10ccccc%10)ccc9n(-c9ccccc9)c8c7)ccc65)n4)c3)cc2)cc1. The summed E-state index contributed by atoms with van der Waals surface area (Å²) in [5.74, 6) is 0.641. The molecule has 0 aliphatic carbocycles. The highest BCUT2D eigenvalue weighted by Gasteiger charge is 2.18. The van der Waals surface area contributed by atoms with Gasteiger partial charge in [0.15, 0.2) is 0 Å². The molecule has 12 rings (SSSR count). The minimum atomic E-state index is 0.641. The highest BCUT2D eigenvalue weighted by molar-refractivity contribution is 6.13. The van der Waals surface area contributed by atoms with Crippen LogP contribution in [0.2, 0.25) is 0 Å². The van der Waals surface area contributed by atoms with E-state index in [4.69, 9.17) is 9.97 Å². The summed E-state index contributed by atoms with van der Waals surface area (Å²) < 4.78 is 4.60. The highest BCUT2D eigenvalue weighted by Crippen LogP contribution is 2.39. The van der Waals surface area contributed by atoms with E-state index in [1.165, 1.54) is 44.1 Å². The first-order valence-electron chi connectivity index (χ1n) is 21.1. The standard InChI is InChI=1S/C58H38N4/c1-4-13-39(14-5-1)41-23-25-42(26-24-41)43-17-12-18-47(35-43)53-33-34-59-58(60-53)62-54-22-11-10-21-49(54)51-37-45(29-32-56(51)62)46-27-30-50-52-36-44(40-15-6-2-7-16-40)28-31-55(52)61(57(50)38-46)48-19-8-3-9-20-48/h1-38H. The maximum absolute atomic E-state index is 5.22. The van der Waals surface area contributed by atoms with Crippen molar-refractivity contribution in [2.45, 2.75) is 0 Å². The van der Waals surface area contributed by atoms with Crippen molar-refractivity contribution in [2.24, 2.45) is 0 Å². The van der Waals surface area contributed by atoms with Crippen LogP contribution in [0.25, 0.3) is 111 Å². The van der Waals surface area contributed by atoms with Gasteiger partial charge in [0, 0.05) is 39.0 Å². The Kier molecular flexibility index (Phi) is 8.46. The molecule has 0 fully saturated rings. The lowest BCUT2D eigenvalue weighted by atomic mass is 9.98. The predicted molar refractivity (Wildman–Crippen MR) is 258 cm³/mol. The molecule has 0 bridgehead atoms. The first kappa shape index (κ1) is 35.6. The summed E-state index contributed by atoms with van der Waals surface area (Å²) in [7, 11) is 0. The average molecular weight is 791 g/mol. The third-order valence-corrected chi connectivity index (χ3v) is 12.2. The Morgan fingerprint density at radius 1 is 0.274 bits per heavy atom. The Hall–Kier alpha value is -8.34. The van der Waals surface area contributed by atoms with Gasteiger partial charge in [0.2, 0.25) is 5.95 Å². The van der Waals surface area contributed by atoms with Crippen LogP contribution in [0.1, 0.15) is 0 Å². The zero-order chi connectivity index (χ0) is 41.0. The smallest absolute Gasteiger partial charge is 0.235 e. The molecule has 4 heteroatoms. The maximum atomic E-state index is 5.22. The number of fused-ring (bicyclic) bond motifs is 6. The van der Waals surface area contributed by atoms with Gasteiger partial charge in [-0.25, -0.2) is 9.97 Å². The monoisotopic (exact) mass is 790 g/mol. The van der Waals surface area contributed by atoms with Crippen molar-refractivity contribution in [2.75, 3.05) is 0 Å². The number of hydrogen-bond donors (Lipinski definition) is 0. The van der Waals surface area contributed by atoms with Crippen LogP contribution in [0.5, 0.6) is 0 Å². The van der Waals surface area contributed by atoms with E-state index in [-0.39, 0.29) is 0 Å². The lowest BCUT2D eigenvalue weighted by Crippen LogP contribution is -2.01. The fourth-order valence-corrected chi connectivity index (χ4v) is 9.19. The van der Waals surface area contributed by atoms with Crippen molar-refractivity contribution in [3.05, 3.63) is 231 Å². The Morgan fingerprint density at radius 2 is 0.742 bits per heavy atom. The Morgan fingerprint density at radius 3 is 1.47 bits per heavy atom. The number of rotatable bonds is 7. The molecule has 0 unspecified atom stereocenters. The van der Waals surface area contributed by atoms with Gasteiger partial charge in [0.25, 0.3) is 0 Å². The minimum Gasteiger partial charge on any atom is -0.309 e. The van der Waals surface area contributed by atoms with E-state index < -0.39 is 0 Å². The van der Waals surface area contributed by atoms with E-state index in [2.05, 4.69) is 228 Å². The van der Waals surface area contributed by atoms with Crippen LogP contribution in [-0.4, -0.2) is 19.1 Å². The molecular weight excluding hydrogens is 753 g/mol. The average Bonchev–Trinajstić information content (AvgIpc) is 3.87. The molecular formula is C58H38N4. The summed E-state index contributed by atoms with van der Waals surface area (Å²) in [4.78, 5) is 10.1. The molecule has 4 nitrogen and oxygen atoms in total. The van der Waals surface area contributed by atoms with Gasteiger partial charge in [-0.3, -0.25) is 4.57 Å². The van der Waals surface area contributed by atoms with Gasteiger partial charge in [-0.15, -0.1) is 0 Å². The normalized spacial score (nSPS) is 11.5. The molecule has 0 saturated carbocycles. The molecule has 3 heterocycles. The quantitative estimate of drug-likeness (QED) is 0.161. The molecule has 12 aromatic rings. The van der Waals surface area contributed by atoms with Crippen LogP contribution in [0, 0.1) is 0 Å². The number of para-hydroxylation sites is 2.